The summed E-state index contributed by atoms with van der Waals surface area (Å²) in [5.41, 5.74) is 8.03. The van der Waals surface area contributed by atoms with Crippen LogP contribution in [0, 0.1) is 13.8 Å². The van der Waals surface area contributed by atoms with Crippen molar-refractivity contribution in [3.63, 3.8) is 0 Å². The Hall–Kier alpha value is -2.29. The molecule has 7 nitrogen and oxygen atoms in total. The topological polar surface area (TPSA) is 71.3 Å². The van der Waals surface area contributed by atoms with Crippen LogP contribution in [0.1, 0.15) is 41.5 Å². The molecule has 5 rings (SSSR count). The van der Waals surface area contributed by atoms with E-state index in [1.807, 2.05) is 4.52 Å². The standard InChI is InChI=1S/C21H26N6OS/c1-12(2)17-18(15-9-27-20(22-11-23-27)14(4)13(15)3)25-21-19(17)24-16(29-21)10-26-5-7-28-8-6-26/h9,11-12,25H,5-8,10H2,1-4H3. The highest BCUT2D eigenvalue weighted by Crippen LogP contribution is 2.39. The zero-order chi connectivity index (χ0) is 20.1. The zero-order valence-corrected chi connectivity index (χ0v) is 18.1. The van der Waals surface area contributed by atoms with E-state index in [0.29, 0.717) is 5.92 Å². The molecule has 1 saturated heterocycles. The fraction of sp³-hybridized carbons (Fsp3) is 0.476. The molecular formula is C21H26N6OS. The number of aromatic nitrogens is 5. The van der Waals surface area contributed by atoms with Crippen LogP contribution in [0.25, 0.3) is 27.3 Å². The molecule has 8 heteroatoms. The van der Waals surface area contributed by atoms with Gasteiger partial charge in [0.1, 0.15) is 21.7 Å². The molecule has 5 heterocycles. The van der Waals surface area contributed by atoms with Crippen LogP contribution in [0.15, 0.2) is 12.5 Å². The average molecular weight is 411 g/mol. The van der Waals surface area contributed by atoms with Gasteiger partial charge in [-0.3, -0.25) is 4.90 Å². The van der Waals surface area contributed by atoms with Gasteiger partial charge in [0.05, 0.1) is 25.5 Å². The third kappa shape index (κ3) is 3.15. The van der Waals surface area contributed by atoms with E-state index >= 15 is 0 Å². The van der Waals surface area contributed by atoms with E-state index in [2.05, 4.69) is 53.9 Å². The maximum atomic E-state index is 5.47. The van der Waals surface area contributed by atoms with Crippen LogP contribution >= 0.6 is 11.3 Å². The normalized spacial score (nSPS) is 15.9. The number of morpholine rings is 1. The molecule has 1 aliphatic heterocycles. The Balaban J connectivity index is 1.60. The minimum atomic E-state index is 0.364. The number of ether oxygens (including phenoxy) is 1. The Kier molecular flexibility index (Phi) is 4.64. The van der Waals surface area contributed by atoms with E-state index < -0.39 is 0 Å². The van der Waals surface area contributed by atoms with E-state index in [4.69, 9.17) is 9.72 Å². The van der Waals surface area contributed by atoms with Crippen molar-refractivity contribution in [1.29, 1.82) is 0 Å². The lowest BCUT2D eigenvalue weighted by Gasteiger charge is -2.25. The van der Waals surface area contributed by atoms with E-state index in [-0.39, 0.29) is 0 Å². The van der Waals surface area contributed by atoms with Gasteiger partial charge >= 0.3 is 0 Å². The first-order valence-electron chi connectivity index (χ1n) is 10.1. The number of thiazole rings is 1. The number of nitrogens with zero attached hydrogens (tertiary/aromatic N) is 5. The van der Waals surface area contributed by atoms with Crippen molar-refractivity contribution < 1.29 is 4.74 Å². The molecule has 152 valence electrons. The Labute approximate surface area is 173 Å². The quantitative estimate of drug-likeness (QED) is 0.552. The van der Waals surface area contributed by atoms with E-state index in [1.165, 1.54) is 21.7 Å². The molecule has 4 aromatic rings. The second kappa shape index (κ2) is 7.19. The maximum Gasteiger partial charge on any atom is 0.158 e. The Morgan fingerprint density at radius 1 is 1.21 bits per heavy atom. The highest BCUT2D eigenvalue weighted by molar-refractivity contribution is 7.18. The molecule has 0 amide bonds. The number of fused-ring (bicyclic) bond motifs is 2. The van der Waals surface area contributed by atoms with Crippen LogP contribution in [-0.4, -0.2) is 55.8 Å². The molecule has 0 unspecified atom stereocenters. The van der Waals surface area contributed by atoms with Crippen molar-refractivity contribution in [3.8, 4) is 11.3 Å². The SMILES string of the molecule is Cc1c(-c2[nH]c3sc(CN4CCOCC4)nc3c2C(C)C)cn2ncnc2c1C. The zero-order valence-electron chi connectivity index (χ0n) is 17.3. The van der Waals surface area contributed by atoms with Gasteiger partial charge in [-0.15, -0.1) is 0 Å². The highest BCUT2D eigenvalue weighted by Gasteiger charge is 2.23. The van der Waals surface area contributed by atoms with Gasteiger partial charge in [0.25, 0.3) is 0 Å². The number of aromatic amines is 1. The van der Waals surface area contributed by atoms with Gasteiger partial charge in [0.15, 0.2) is 5.65 Å². The van der Waals surface area contributed by atoms with Crippen molar-refractivity contribution in [3.05, 3.63) is 34.2 Å². The number of hydrogen-bond acceptors (Lipinski definition) is 6. The third-order valence-corrected chi connectivity index (χ3v) is 6.83. The van der Waals surface area contributed by atoms with Gasteiger partial charge in [0, 0.05) is 30.4 Å². The molecule has 0 bridgehead atoms. The summed E-state index contributed by atoms with van der Waals surface area (Å²) in [6, 6.07) is 0. The van der Waals surface area contributed by atoms with Gasteiger partial charge in [-0.25, -0.2) is 14.5 Å². The van der Waals surface area contributed by atoms with E-state index in [9.17, 15) is 0 Å². The van der Waals surface area contributed by atoms with Crippen LogP contribution in [0.2, 0.25) is 0 Å². The molecule has 1 fully saturated rings. The molecule has 0 aromatic carbocycles. The molecule has 1 aliphatic rings. The van der Waals surface area contributed by atoms with Gasteiger partial charge in [-0.05, 0) is 30.9 Å². The molecule has 0 radical (unpaired) electrons. The fourth-order valence-electron chi connectivity index (χ4n) is 4.18. The molecule has 0 spiro atoms. The van der Waals surface area contributed by atoms with Gasteiger partial charge < -0.3 is 9.72 Å². The first kappa shape index (κ1) is 18.7. The summed E-state index contributed by atoms with van der Waals surface area (Å²) < 4.78 is 7.33. The number of pyridine rings is 1. The summed E-state index contributed by atoms with van der Waals surface area (Å²) in [5, 5.41) is 5.53. The summed E-state index contributed by atoms with van der Waals surface area (Å²) in [4.78, 5) is 16.7. The molecule has 0 saturated carbocycles. The fourth-order valence-corrected chi connectivity index (χ4v) is 5.20. The van der Waals surface area contributed by atoms with Crippen LogP contribution < -0.4 is 0 Å². The van der Waals surface area contributed by atoms with Crippen LogP contribution in [0.4, 0.5) is 0 Å². The minimum absolute atomic E-state index is 0.364. The maximum absolute atomic E-state index is 5.47. The second-order valence-corrected chi connectivity index (χ2v) is 9.15. The molecule has 29 heavy (non-hydrogen) atoms. The first-order chi connectivity index (χ1) is 14.0. The highest BCUT2D eigenvalue weighted by atomic mass is 32.1. The smallest absolute Gasteiger partial charge is 0.158 e. The number of aryl methyl sites for hydroxylation is 1. The Bertz CT molecular complexity index is 1180. The van der Waals surface area contributed by atoms with Crippen molar-refractivity contribution in [2.75, 3.05) is 26.3 Å². The number of rotatable bonds is 4. The monoisotopic (exact) mass is 410 g/mol. The van der Waals surface area contributed by atoms with Crippen molar-refractivity contribution in [2.45, 2.75) is 40.2 Å². The van der Waals surface area contributed by atoms with Crippen molar-refractivity contribution in [1.82, 2.24) is 29.5 Å². The lowest BCUT2D eigenvalue weighted by molar-refractivity contribution is 0.0342. The van der Waals surface area contributed by atoms with Crippen LogP contribution in [-0.2, 0) is 11.3 Å². The Morgan fingerprint density at radius 2 is 2.00 bits per heavy atom. The molecular weight excluding hydrogens is 384 g/mol. The summed E-state index contributed by atoms with van der Waals surface area (Å²) in [6.07, 6.45) is 3.70. The second-order valence-electron chi connectivity index (χ2n) is 8.06. The first-order valence-corrected chi connectivity index (χ1v) is 11.0. The van der Waals surface area contributed by atoms with Gasteiger partial charge in [-0.1, -0.05) is 25.2 Å². The Morgan fingerprint density at radius 3 is 2.76 bits per heavy atom. The molecule has 1 N–H and O–H groups in total. The summed E-state index contributed by atoms with van der Waals surface area (Å²) >= 11 is 1.77. The largest absolute Gasteiger partial charge is 0.379 e. The van der Waals surface area contributed by atoms with E-state index in [0.717, 1.165) is 60.1 Å². The van der Waals surface area contributed by atoms with Crippen LogP contribution in [0.3, 0.4) is 0 Å². The predicted molar refractivity (Wildman–Crippen MR) is 116 cm³/mol. The number of H-pyrrole nitrogens is 1. The van der Waals surface area contributed by atoms with Crippen molar-refractivity contribution >= 4 is 27.3 Å². The number of hydrogen-bond donors (Lipinski definition) is 1. The van der Waals surface area contributed by atoms with E-state index in [1.54, 1.807) is 17.7 Å². The summed E-state index contributed by atoms with van der Waals surface area (Å²) in [7, 11) is 0. The third-order valence-electron chi connectivity index (χ3n) is 5.87. The molecule has 0 atom stereocenters. The van der Waals surface area contributed by atoms with Gasteiger partial charge in [0.2, 0.25) is 0 Å². The summed E-state index contributed by atoms with van der Waals surface area (Å²) in [5.74, 6) is 0.364. The minimum Gasteiger partial charge on any atom is -0.379 e. The summed E-state index contributed by atoms with van der Waals surface area (Å²) in [6.45, 7) is 13.2. The van der Waals surface area contributed by atoms with Crippen molar-refractivity contribution in [2.24, 2.45) is 0 Å². The predicted octanol–water partition coefficient (Wildman–Crippen LogP) is 3.91. The lowest BCUT2D eigenvalue weighted by atomic mass is 9.96. The average Bonchev–Trinajstić information content (AvgIpc) is 3.39. The number of nitrogens with one attached hydrogen (secondary N) is 1. The lowest BCUT2D eigenvalue weighted by Crippen LogP contribution is -2.35. The van der Waals surface area contributed by atoms with Gasteiger partial charge in [-0.2, -0.15) is 5.10 Å². The molecule has 0 aliphatic carbocycles. The van der Waals surface area contributed by atoms with Crippen LogP contribution in [0.5, 0.6) is 0 Å². The molecule has 4 aromatic heterocycles.